The summed E-state index contributed by atoms with van der Waals surface area (Å²) in [5.74, 6) is -2.28. The fraction of sp³-hybridized carbons (Fsp3) is 0.484. The Bertz CT molecular complexity index is 1240. The number of nitrogens with one attached hydrogen (secondary N) is 3. The molecule has 0 aromatic heterocycles. The normalized spacial score (nSPS) is 21.1. The third-order valence-electron chi connectivity index (χ3n) is 8.71. The molecule has 3 aliphatic rings. The van der Waals surface area contributed by atoms with Crippen LogP contribution in [-0.2, 0) is 24.8 Å². The summed E-state index contributed by atoms with van der Waals surface area (Å²) < 4.78 is 0. The molecule has 9 nitrogen and oxygen atoms in total. The summed E-state index contributed by atoms with van der Waals surface area (Å²) in [6.45, 7) is -0.272. The van der Waals surface area contributed by atoms with E-state index in [0.717, 1.165) is 43.2 Å². The minimum absolute atomic E-state index is 0.0751. The van der Waals surface area contributed by atoms with Crippen LogP contribution < -0.4 is 16.0 Å². The van der Waals surface area contributed by atoms with Gasteiger partial charge in [0.2, 0.25) is 11.8 Å². The maximum Gasteiger partial charge on any atom is 0.262 e. The Morgan fingerprint density at radius 1 is 0.875 bits per heavy atom. The lowest BCUT2D eigenvalue weighted by molar-refractivity contribution is -0.140. The van der Waals surface area contributed by atoms with Gasteiger partial charge in [-0.2, -0.15) is 0 Å². The Hall–Kier alpha value is -3.56. The number of aliphatic hydroxyl groups is 2. The van der Waals surface area contributed by atoms with Crippen molar-refractivity contribution in [3.8, 4) is 11.1 Å². The second-order valence-electron chi connectivity index (χ2n) is 11.3. The van der Waals surface area contributed by atoms with E-state index in [4.69, 9.17) is 0 Å². The highest BCUT2D eigenvalue weighted by atomic mass is 16.3. The molecule has 1 saturated heterocycles. The van der Waals surface area contributed by atoms with Crippen molar-refractivity contribution in [3.05, 3.63) is 59.7 Å². The lowest BCUT2D eigenvalue weighted by Crippen LogP contribution is -2.56. The number of amides is 3. The molecule has 5 rings (SSSR count). The number of rotatable bonds is 10. The fourth-order valence-electron chi connectivity index (χ4n) is 6.51. The third kappa shape index (κ3) is 5.40. The van der Waals surface area contributed by atoms with Crippen LogP contribution in [0.5, 0.6) is 0 Å². The maximum absolute atomic E-state index is 13.9. The number of aliphatic hydroxyl groups excluding tert-OH is 1. The van der Waals surface area contributed by atoms with Crippen LogP contribution in [0.25, 0.3) is 11.1 Å². The molecule has 1 saturated carbocycles. The highest BCUT2D eigenvalue weighted by Crippen LogP contribution is 2.47. The zero-order chi connectivity index (χ0) is 28.3. The van der Waals surface area contributed by atoms with Crippen LogP contribution in [0.15, 0.2) is 48.5 Å². The molecule has 1 heterocycles. The predicted octanol–water partition coefficient (Wildman–Crippen LogP) is 1.93. The highest BCUT2D eigenvalue weighted by molar-refractivity contribution is 6.01. The zero-order valence-electron chi connectivity index (χ0n) is 22.5. The van der Waals surface area contributed by atoms with E-state index in [9.17, 15) is 29.4 Å². The second-order valence-corrected chi connectivity index (χ2v) is 11.3. The smallest absolute Gasteiger partial charge is 0.262 e. The second kappa shape index (κ2) is 11.9. The molecule has 2 aliphatic carbocycles. The van der Waals surface area contributed by atoms with Gasteiger partial charge in [0.1, 0.15) is 12.6 Å². The Balaban J connectivity index is 1.41. The number of carbonyl (C=O) groups is 4. The van der Waals surface area contributed by atoms with Gasteiger partial charge in [0.15, 0.2) is 11.4 Å². The average molecular weight is 548 g/mol. The highest BCUT2D eigenvalue weighted by Gasteiger charge is 2.48. The molecule has 3 atom stereocenters. The van der Waals surface area contributed by atoms with Crippen LogP contribution in [0.1, 0.15) is 62.5 Å². The summed E-state index contributed by atoms with van der Waals surface area (Å²) in [5.41, 5.74) is 0.428. The Morgan fingerprint density at radius 2 is 1.50 bits per heavy atom. The maximum atomic E-state index is 13.9. The number of hydrogen-bond donors (Lipinski definition) is 5. The van der Waals surface area contributed by atoms with E-state index in [2.05, 4.69) is 16.0 Å². The molecule has 1 aliphatic heterocycles. The van der Waals surface area contributed by atoms with E-state index in [0.29, 0.717) is 30.5 Å². The molecule has 0 bridgehead atoms. The van der Waals surface area contributed by atoms with Crippen LogP contribution in [-0.4, -0.2) is 59.0 Å². The molecular weight excluding hydrogens is 510 g/mol. The van der Waals surface area contributed by atoms with Gasteiger partial charge in [0.05, 0.1) is 6.04 Å². The van der Waals surface area contributed by atoms with Crippen LogP contribution in [0.3, 0.4) is 0 Å². The first-order chi connectivity index (χ1) is 19.3. The summed E-state index contributed by atoms with van der Waals surface area (Å²) in [4.78, 5) is 52.4. The van der Waals surface area contributed by atoms with Gasteiger partial charge in [-0.15, -0.1) is 0 Å². The monoisotopic (exact) mass is 547 g/mol. The van der Waals surface area contributed by atoms with Gasteiger partial charge in [0, 0.05) is 23.6 Å². The first kappa shape index (κ1) is 28.0. The summed E-state index contributed by atoms with van der Waals surface area (Å²) in [6, 6.07) is 12.3. The first-order valence-electron chi connectivity index (χ1n) is 14.3. The quantitative estimate of drug-likeness (QED) is 0.307. The first-order valence-corrected chi connectivity index (χ1v) is 14.3. The van der Waals surface area contributed by atoms with E-state index >= 15 is 0 Å². The summed E-state index contributed by atoms with van der Waals surface area (Å²) in [7, 11) is 0. The van der Waals surface area contributed by atoms with Crippen LogP contribution in [0, 0.1) is 11.8 Å². The molecule has 0 unspecified atom stereocenters. The van der Waals surface area contributed by atoms with Crippen molar-refractivity contribution in [2.24, 2.45) is 11.8 Å². The number of hydrogen-bond acceptors (Lipinski definition) is 6. The van der Waals surface area contributed by atoms with Crippen molar-refractivity contribution < 1.29 is 29.4 Å². The molecule has 3 amide bonds. The number of carbonyl (C=O) groups excluding carboxylic acids is 4. The van der Waals surface area contributed by atoms with Crippen molar-refractivity contribution in [2.75, 3.05) is 13.2 Å². The molecule has 9 heteroatoms. The minimum atomic E-state index is -1.99. The molecule has 0 radical (unpaired) electrons. The number of fused-ring (bicyclic) bond motifs is 3. The summed E-state index contributed by atoms with van der Waals surface area (Å²) in [6.07, 6.45) is 6.04. The Kier molecular flexibility index (Phi) is 8.32. The van der Waals surface area contributed by atoms with E-state index in [1.807, 2.05) is 24.3 Å². The Morgan fingerprint density at radius 3 is 2.08 bits per heavy atom. The molecule has 2 aromatic carbocycles. The number of benzene rings is 2. The largest absolute Gasteiger partial charge is 0.389 e. The van der Waals surface area contributed by atoms with Crippen molar-refractivity contribution in [1.29, 1.82) is 0 Å². The third-order valence-corrected chi connectivity index (χ3v) is 8.71. The van der Waals surface area contributed by atoms with Crippen LogP contribution >= 0.6 is 0 Å². The predicted molar refractivity (Wildman–Crippen MR) is 148 cm³/mol. The SMILES string of the molecule is O=C1NCC[C@H]1C[C@H](NC(=O)[C@H](CC1CCCCC1)NC(=O)C1(O)c2ccccc2-c2ccccc21)C(=O)CO. The van der Waals surface area contributed by atoms with Crippen molar-refractivity contribution in [1.82, 2.24) is 16.0 Å². The lowest BCUT2D eigenvalue weighted by Gasteiger charge is -2.31. The minimum Gasteiger partial charge on any atom is -0.389 e. The average Bonchev–Trinajstić information content (AvgIpc) is 3.51. The van der Waals surface area contributed by atoms with Gasteiger partial charge in [-0.1, -0.05) is 80.6 Å². The fourth-order valence-corrected chi connectivity index (χ4v) is 6.51. The lowest BCUT2D eigenvalue weighted by atomic mass is 9.84. The molecule has 0 spiro atoms. The van der Waals surface area contributed by atoms with Crippen molar-refractivity contribution >= 4 is 23.5 Å². The van der Waals surface area contributed by atoms with Crippen LogP contribution in [0.4, 0.5) is 0 Å². The van der Waals surface area contributed by atoms with Gasteiger partial charge in [0.25, 0.3) is 5.91 Å². The van der Waals surface area contributed by atoms with Gasteiger partial charge in [-0.3, -0.25) is 19.2 Å². The molecule has 2 aromatic rings. The van der Waals surface area contributed by atoms with Gasteiger partial charge in [-0.25, -0.2) is 0 Å². The molecular formula is C31H37N3O6. The molecule has 2 fully saturated rings. The van der Waals surface area contributed by atoms with Gasteiger partial charge >= 0.3 is 0 Å². The molecule has 212 valence electrons. The molecule has 5 N–H and O–H groups in total. The van der Waals surface area contributed by atoms with Gasteiger partial charge in [-0.05, 0) is 36.3 Å². The summed E-state index contributed by atoms with van der Waals surface area (Å²) >= 11 is 0. The van der Waals surface area contributed by atoms with Crippen molar-refractivity contribution in [3.63, 3.8) is 0 Å². The van der Waals surface area contributed by atoms with E-state index in [-0.39, 0.29) is 18.2 Å². The standard InChI is InChI=1S/C31H37N3O6/c35-18-27(36)25(17-20-14-15-32-28(20)37)33-29(38)26(16-19-8-2-1-3-9-19)34-30(39)31(40)23-12-6-4-10-21(23)22-11-5-7-13-24(22)31/h4-7,10-13,19-20,25-26,35,40H,1-3,8-9,14-18H2,(H,32,37)(H,33,38)(H,34,39)/t20-,25-,26-/m0/s1. The molecule has 40 heavy (non-hydrogen) atoms. The van der Waals surface area contributed by atoms with Crippen molar-refractivity contribution in [2.45, 2.75) is 69.1 Å². The van der Waals surface area contributed by atoms with E-state index in [1.54, 1.807) is 24.3 Å². The number of ketones is 1. The topological polar surface area (TPSA) is 145 Å². The zero-order valence-corrected chi connectivity index (χ0v) is 22.5. The Labute approximate surface area is 233 Å². The number of Topliss-reactive ketones (excluding diaryl/α,β-unsaturated/α-hetero) is 1. The van der Waals surface area contributed by atoms with E-state index in [1.165, 1.54) is 0 Å². The summed E-state index contributed by atoms with van der Waals surface area (Å²) in [5, 5.41) is 29.8. The van der Waals surface area contributed by atoms with Gasteiger partial charge < -0.3 is 26.2 Å². The van der Waals surface area contributed by atoms with E-state index < -0.39 is 47.8 Å². The van der Waals surface area contributed by atoms with Crippen LogP contribution in [0.2, 0.25) is 0 Å².